The second kappa shape index (κ2) is 9.36. The quantitative estimate of drug-likeness (QED) is 0.580. The van der Waals surface area contributed by atoms with Gasteiger partial charge in [0, 0.05) is 35.5 Å². The van der Waals surface area contributed by atoms with Crippen molar-refractivity contribution in [1.82, 2.24) is 9.47 Å². The van der Waals surface area contributed by atoms with Crippen molar-refractivity contribution >= 4 is 10.8 Å². The zero-order valence-electron chi connectivity index (χ0n) is 18.3. The zero-order chi connectivity index (χ0) is 21.8. The lowest BCUT2D eigenvalue weighted by molar-refractivity contribution is 0.185. The van der Waals surface area contributed by atoms with E-state index in [2.05, 4.69) is 18.0 Å². The predicted molar refractivity (Wildman–Crippen MR) is 124 cm³/mol. The number of likely N-dealkylation sites (N-methyl/N-ethyl adjacent to an activating group) is 1. The third-order valence-corrected chi connectivity index (χ3v) is 6.52. The second-order valence-electron chi connectivity index (χ2n) is 8.34. The number of fused-ring (bicyclic) bond motifs is 1. The van der Waals surface area contributed by atoms with E-state index in [9.17, 15) is 10.1 Å². The van der Waals surface area contributed by atoms with Gasteiger partial charge in [-0.15, -0.1) is 0 Å². The van der Waals surface area contributed by atoms with Crippen molar-refractivity contribution in [2.75, 3.05) is 20.7 Å². The molecule has 1 aliphatic rings. The predicted octanol–water partition coefficient (Wildman–Crippen LogP) is 4.81. The lowest BCUT2D eigenvalue weighted by atomic mass is 9.94. The molecule has 0 aliphatic heterocycles. The highest BCUT2D eigenvalue weighted by molar-refractivity contribution is 5.99. The summed E-state index contributed by atoms with van der Waals surface area (Å²) in [7, 11) is 3.74. The third-order valence-electron chi connectivity index (χ3n) is 6.52. The van der Waals surface area contributed by atoms with E-state index in [4.69, 9.17) is 4.74 Å². The standard InChI is InChI=1S/C26H29N3O2/c1-28(20-11-7-4-8-12-20)15-16-29-24(18-27)25(19-9-5-3-6-10-19)23-17-21(31-2)13-14-22(23)26(29)30/h3,5-6,9-10,13-14,17,20H,4,7-8,11-12,15-16H2,1-2H3. The third kappa shape index (κ3) is 4.22. The average Bonchev–Trinajstić information content (AvgIpc) is 2.83. The normalized spacial score (nSPS) is 14.6. The summed E-state index contributed by atoms with van der Waals surface area (Å²) < 4.78 is 7.07. The Kier molecular flexibility index (Phi) is 6.39. The smallest absolute Gasteiger partial charge is 0.259 e. The van der Waals surface area contributed by atoms with Crippen LogP contribution < -0.4 is 10.3 Å². The summed E-state index contributed by atoms with van der Waals surface area (Å²) in [4.78, 5) is 15.8. The van der Waals surface area contributed by atoms with Crippen LogP contribution in [0.1, 0.15) is 37.8 Å². The number of ether oxygens (including phenoxy) is 1. The minimum atomic E-state index is -0.120. The molecule has 4 rings (SSSR count). The summed E-state index contributed by atoms with van der Waals surface area (Å²) in [6, 6.07) is 18.2. The molecule has 0 unspecified atom stereocenters. The summed E-state index contributed by atoms with van der Waals surface area (Å²) in [5.41, 5.74) is 2.00. The molecule has 3 aromatic rings. The maximum absolute atomic E-state index is 13.4. The van der Waals surface area contributed by atoms with Crippen molar-refractivity contribution in [1.29, 1.82) is 5.26 Å². The first-order valence-electron chi connectivity index (χ1n) is 11.0. The van der Waals surface area contributed by atoms with E-state index in [-0.39, 0.29) is 5.56 Å². The molecule has 1 saturated carbocycles. The van der Waals surface area contributed by atoms with Crippen molar-refractivity contribution in [3.8, 4) is 22.9 Å². The number of nitrogens with zero attached hydrogens (tertiary/aromatic N) is 3. The molecule has 1 heterocycles. The number of rotatable bonds is 6. The Morgan fingerprint density at radius 3 is 2.52 bits per heavy atom. The Bertz CT molecular complexity index is 1160. The molecule has 1 aliphatic carbocycles. The van der Waals surface area contributed by atoms with E-state index in [1.54, 1.807) is 11.7 Å². The van der Waals surface area contributed by atoms with Crippen LogP contribution in [0.5, 0.6) is 5.75 Å². The van der Waals surface area contributed by atoms with Gasteiger partial charge in [0.05, 0.1) is 7.11 Å². The Morgan fingerprint density at radius 1 is 1.10 bits per heavy atom. The molecule has 0 N–H and O–H groups in total. The lowest BCUT2D eigenvalue weighted by Crippen LogP contribution is -2.37. The number of aromatic nitrogens is 1. The Labute approximate surface area is 183 Å². The van der Waals surface area contributed by atoms with E-state index in [0.717, 1.165) is 23.1 Å². The highest BCUT2D eigenvalue weighted by atomic mass is 16.5. The summed E-state index contributed by atoms with van der Waals surface area (Å²) >= 11 is 0. The summed E-state index contributed by atoms with van der Waals surface area (Å²) in [6.45, 7) is 1.24. The van der Waals surface area contributed by atoms with Gasteiger partial charge in [0.15, 0.2) is 0 Å². The topological polar surface area (TPSA) is 58.3 Å². The molecule has 5 nitrogen and oxygen atoms in total. The molecule has 31 heavy (non-hydrogen) atoms. The van der Waals surface area contributed by atoms with Gasteiger partial charge in [0.2, 0.25) is 0 Å². The van der Waals surface area contributed by atoms with Gasteiger partial charge in [-0.1, -0.05) is 49.6 Å². The number of methoxy groups -OCH3 is 1. The van der Waals surface area contributed by atoms with Gasteiger partial charge >= 0.3 is 0 Å². The van der Waals surface area contributed by atoms with Crippen LogP contribution in [0.25, 0.3) is 21.9 Å². The van der Waals surface area contributed by atoms with Crippen LogP contribution in [0.3, 0.4) is 0 Å². The Morgan fingerprint density at radius 2 is 1.84 bits per heavy atom. The van der Waals surface area contributed by atoms with Crippen LogP contribution in [0.15, 0.2) is 53.3 Å². The van der Waals surface area contributed by atoms with Gasteiger partial charge in [0.1, 0.15) is 17.5 Å². The molecule has 160 valence electrons. The molecular formula is C26H29N3O2. The van der Waals surface area contributed by atoms with Crippen molar-refractivity contribution in [2.45, 2.75) is 44.7 Å². The first-order valence-corrected chi connectivity index (χ1v) is 11.0. The molecular weight excluding hydrogens is 386 g/mol. The van der Waals surface area contributed by atoms with Crippen molar-refractivity contribution < 1.29 is 4.74 Å². The molecule has 0 spiro atoms. The van der Waals surface area contributed by atoms with Crippen molar-refractivity contribution in [3.63, 3.8) is 0 Å². The molecule has 0 saturated heterocycles. The Balaban J connectivity index is 1.82. The summed E-state index contributed by atoms with van der Waals surface area (Å²) in [5, 5.41) is 11.5. The maximum atomic E-state index is 13.4. The van der Waals surface area contributed by atoms with Gasteiger partial charge in [-0.25, -0.2) is 0 Å². The molecule has 1 aromatic heterocycles. The molecule has 1 fully saturated rings. The fourth-order valence-corrected chi connectivity index (χ4v) is 4.74. The van der Waals surface area contributed by atoms with E-state index < -0.39 is 0 Å². The maximum Gasteiger partial charge on any atom is 0.259 e. The van der Waals surface area contributed by atoms with E-state index >= 15 is 0 Å². The van der Waals surface area contributed by atoms with Gasteiger partial charge in [-0.2, -0.15) is 5.26 Å². The van der Waals surface area contributed by atoms with Gasteiger partial charge < -0.3 is 9.64 Å². The Hall–Kier alpha value is -3.10. The monoisotopic (exact) mass is 415 g/mol. The molecule has 0 radical (unpaired) electrons. The van der Waals surface area contributed by atoms with Crippen LogP contribution >= 0.6 is 0 Å². The molecule has 2 aromatic carbocycles. The van der Waals surface area contributed by atoms with Crippen molar-refractivity contribution in [3.05, 3.63) is 64.6 Å². The van der Waals surface area contributed by atoms with Gasteiger partial charge in [-0.05, 0) is 43.7 Å². The van der Waals surface area contributed by atoms with Gasteiger partial charge in [0.25, 0.3) is 5.56 Å². The number of pyridine rings is 1. The van der Waals surface area contributed by atoms with Crippen LogP contribution in [0.4, 0.5) is 0 Å². The number of hydrogen-bond acceptors (Lipinski definition) is 4. The van der Waals surface area contributed by atoms with Crippen LogP contribution in [-0.2, 0) is 6.54 Å². The molecule has 0 amide bonds. The zero-order valence-corrected chi connectivity index (χ0v) is 18.3. The number of nitriles is 1. The molecule has 5 heteroatoms. The van der Waals surface area contributed by atoms with E-state index in [0.29, 0.717) is 29.4 Å². The minimum Gasteiger partial charge on any atom is -0.497 e. The fraction of sp³-hybridized carbons (Fsp3) is 0.385. The van der Waals surface area contributed by atoms with Crippen molar-refractivity contribution in [2.24, 2.45) is 0 Å². The van der Waals surface area contributed by atoms with E-state index in [1.807, 2.05) is 48.5 Å². The second-order valence-corrected chi connectivity index (χ2v) is 8.34. The lowest BCUT2D eigenvalue weighted by Gasteiger charge is -2.31. The molecule has 0 atom stereocenters. The number of benzene rings is 2. The van der Waals surface area contributed by atoms with Crippen LogP contribution in [0.2, 0.25) is 0 Å². The first-order chi connectivity index (χ1) is 15.1. The first kappa shape index (κ1) is 21.1. The SMILES string of the molecule is COc1ccc2c(=O)n(CCN(C)C3CCCCC3)c(C#N)c(-c3ccccc3)c2c1. The summed E-state index contributed by atoms with van der Waals surface area (Å²) in [6.07, 6.45) is 6.28. The van der Waals surface area contributed by atoms with E-state index in [1.165, 1.54) is 32.1 Å². The highest BCUT2D eigenvalue weighted by Crippen LogP contribution is 2.32. The fourth-order valence-electron chi connectivity index (χ4n) is 4.74. The van der Waals surface area contributed by atoms with Crippen LogP contribution in [0, 0.1) is 11.3 Å². The van der Waals surface area contributed by atoms with Gasteiger partial charge in [-0.3, -0.25) is 9.36 Å². The largest absolute Gasteiger partial charge is 0.497 e. The highest BCUT2D eigenvalue weighted by Gasteiger charge is 2.21. The van der Waals surface area contributed by atoms with Crippen LogP contribution in [-0.4, -0.2) is 36.2 Å². The minimum absolute atomic E-state index is 0.120. The average molecular weight is 416 g/mol. The molecule has 0 bridgehead atoms. The summed E-state index contributed by atoms with van der Waals surface area (Å²) in [5.74, 6) is 0.669. The number of hydrogen-bond donors (Lipinski definition) is 0.